The van der Waals surface area contributed by atoms with Crippen molar-refractivity contribution < 1.29 is 18.8 Å². The highest BCUT2D eigenvalue weighted by atomic mass is 19.1. The number of carbonyl (C=O) groups excluding carboxylic acids is 3. The van der Waals surface area contributed by atoms with Gasteiger partial charge in [-0.3, -0.25) is 14.4 Å². The minimum Gasteiger partial charge on any atom is -0.352 e. The van der Waals surface area contributed by atoms with Gasteiger partial charge >= 0.3 is 0 Å². The van der Waals surface area contributed by atoms with Gasteiger partial charge in [0.2, 0.25) is 11.8 Å². The fourth-order valence-electron chi connectivity index (χ4n) is 2.71. The maximum absolute atomic E-state index is 13.5. The van der Waals surface area contributed by atoms with Gasteiger partial charge in [-0.25, -0.2) is 4.39 Å². The first-order valence-corrected chi connectivity index (χ1v) is 8.25. The van der Waals surface area contributed by atoms with Gasteiger partial charge in [-0.1, -0.05) is 30.3 Å². The molecule has 0 bridgehead atoms. The van der Waals surface area contributed by atoms with Gasteiger partial charge in [0, 0.05) is 18.5 Å². The second-order valence-electron chi connectivity index (χ2n) is 5.97. The van der Waals surface area contributed by atoms with Crippen LogP contribution in [0.2, 0.25) is 0 Å². The minimum absolute atomic E-state index is 0.0309. The third kappa shape index (κ3) is 4.05. The Hall–Kier alpha value is -3.22. The van der Waals surface area contributed by atoms with Crippen LogP contribution in [0.3, 0.4) is 0 Å². The quantitative estimate of drug-likeness (QED) is 0.766. The highest BCUT2D eigenvalue weighted by Crippen LogP contribution is 2.19. The molecule has 134 valence electrons. The molecule has 6 nitrogen and oxygen atoms in total. The summed E-state index contributed by atoms with van der Waals surface area (Å²) in [5.41, 5.74) is 1.21. The van der Waals surface area contributed by atoms with Crippen LogP contribution >= 0.6 is 0 Å². The van der Waals surface area contributed by atoms with Crippen molar-refractivity contribution in [2.45, 2.75) is 25.4 Å². The normalized spacial score (nSPS) is 16.1. The van der Waals surface area contributed by atoms with Crippen LogP contribution < -0.4 is 16.0 Å². The van der Waals surface area contributed by atoms with Gasteiger partial charge in [-0.15, -0.1) is 0 Å². The lowest BCUT2D eigenvalue weighted by molar-refractivity contribution is -0.122. The van der Waals surface area contributed by atoms with Crippen molar-refractivity contribution in [2.75, 3.05) is 5.32 Å². The molecule has 1 aliphatic heterocycles. The van der Waals surface area contributed by atoms with Crippen molar-refractivity contribution in [2.24, 2.45) is 0 Å². The smallest absolute Gasteiger partial charge is 0.254 e. The molecule has 0 aliphatic carbocycles. The van der Waals surface area contributed by atoms with Gasteiger partial charge in [-0.05, 0) is 24.6 Å². The van der Waals surface area contributed by atoms with Crippen LogP contribution in [-0.4, -0.2) is 23.8 Å². The fraction of sp³-hybridized carbons (Fsp3) is 0.211. The van der Waals surface area contributed by atoms with Crippen molar-refractivity contribution in [3.63, 3.8) is 0 Å². The number of nitrogens with one attached hydrogen (secondary N) is 3. The lowest BCUT2D eigenvalue weighted by atomic mass is 10.1. The Morgan fingerprint density at radius 3 is 2.62 bits per heavy atom. The number of para-hydroxylation sites is 1. The molecule has 3 N–H and O–H groups in total. The highest BCUT2D eigenvalue weighted by molar-refractivity contribution is 6.09. The number of carbonyl (C=O) groups is 3. The third-order valence-corrected chi connectivity index (χ3v) is 4.15. The topological polar surface area (TPSA) is 87.3 Å². The number of hydrogen-bond acceptors (Lipinski definition) is 3. The molecule has 1 heterocycles. The lowest BCUT2D eigenvalue weighted by Crippen LogP contribution is -2.42. The van der Waals surface area contributed by atoms with Crippen molar-refractivity contribution >= 4 is 23.4 Å². The van der Waals surface area contributed by atoms with Crippen LogP contribution in [0, 0.1) is 5.82 Å². The average Bonchev–Trinajstić information content (AvgIpc) is 2.76. The van der Waals surface area contributed by atoms with E-state index in [1.807, 2.05) is 0 Å². The summed E-state index contributed by atoms with van der Waals surface area (Å²) in [6.07, 6.45) is 0.178. The molecule has 0 spiro atoms. The predicted molar refractivity (Wildman–Crippen MR) is 93.8 cm³/mol. The minimum atomic E-state index is -0.811. The van der Waals surface area contributed by atoms with Crippen LogP contribution in [0.15, 0.2) is 48.5 Å². The predicted octanol–water partition coefficient (Wildman–Crippen LogP) is 1.97. The average molecular weight is 355 g/mol. The van der Waals surface area contributed by atoms with Gasteiger partial charge in [-0.2, -0.15) is 0 Å². The van der Waals surface area contributed by atoms with Crippen molar-refractivity contribution in [3.05, 3.63) is 65.5 Å². The molecule has 0 unspecified atom stereocenters. The Balaban J connectivity index is 1.54. The first-order chi connectivity index (χ1) is 12.5. The number of halogens is 1. The summed E-state index contributed by atoms with van der Waals surface area (Å²) >= 11 is 0. The molecule has 0 aromatic heterocycles. The van der Waals surface area contributed by atoms with Gasteiger partial charge in [0.1, 0.15) is 11.9 Å². The molecule has 3 amide bonds. The SMILES string of the molecule is O=C(CC[C@@H]1NC(=O)c2ccccc2NC1=O)NCc1ccccc1F. The van der Waals surface area contributed by atoms with E-state index in [2.05, 4.69) is 16.0 Å². The van der Waals surface area contributed by atoms with Crippen molar-refractivity contribution in [3.8, 4) is 0 Å². The fourth-order valence-corrected chi connectivity index (χ4v) is 2.71. The molecule has 7 heteroatoms. The Labute approximate surface area is 149 Å². The summed E-state index contributed by atoms with van der Waals surface area (Å²) in [6, 6.07) is 12.1. The molecule has 1 atom stereocenters. The van der Waals surface area contributed by atoms with E-state index < -0.39 is 6.04 Å². The van der Waals surface area contributed by atoms with E-state index in [4.69, 9.17) is 0 Å². The number of amides is 3. The van der Waals surface area contributed by atoms with Gasteiger partial charge in [0.25, 0.3) is 5.91 Å². The summed E-state index contributed by atoms with van der Waals surface area (Å²) in [4.78, 5) is 36.4. The lowest BCUT2D eigenvalue weighted by Gasteiger charge is -2.14. The Bertz CT molecular complexity index is 853. The molecule has 2 aromatic rings. The summed E-state index contributed by atoms with van der Waals surface area (Å²) < 4.78 is 13.5. The van der Waals surface area contributed by atoms with E-state index >= 15 is 0 Å². The third-order valence-electron chi connectivity index (χ3n) is 4.15. The number of anilines is 1. The van der Waals surface area contributed by atoms with E-state index in [1.54, 1.807) is 42.5 Å². The van der Waals surface area contributed by atoms with E-state index in [-0.39, 0.29) is 42.9 Å². The van der Waals surface area contributed by atoms with E-state index in [9.17, 15) is 18.8 Å². The zero-order valence-corrected chi connectivity index (χ0v) is 13.9. The molecule has 2 aromatic carbocycles. The van der Waals surface area contributed by atoms with Crippen molar-refractivity contribution in [1.29, 1.82) is 0 Å². The van der Waals surface area contributed by atoms with E-state index in [1.165, 1.54) is 6.07 Å². The zero-order valence-electron chi connectivity index (χ0n) is 13.9. The molecule has 26 heavy (non-hydrogen) atoms. The van der Waals surface area contributed by atoms with Crippen LogP contribution in [0.5, 0.6) is 0 Å². The first-order valence-electron chi connectivity index (χ1n) is 8.25. The van der Waals surface area contributed by atoms with Gasteiger partial charge in [0.05, 0.1) is 11.3 Å². The van der Waals surface area contributed by atoms with Crippen LogP contribution in [0.1, 0.15) is 28.8 Å². The van der Waals surface area contributed by atoms with Crippen LogP contribution in [-0.2, 0) is 16.1 Å². The number of hydrogen-bond donors (Lipinski definition) is 3. The van der Waals surface area contributed by atoms with Gasteiger partial charge < -0.3 is 16.0 Å². The van der Waals surface area contributed by atoms with E-state index in [0.29, 0.717) is 16.8 Å². The first kappa shape index (κ1) is 17.6. The summed E-state index contributed by atoms with van der Waals surface area (Å²) in [5, 5.41) is 7.94. The Morgan fingerprint density at radius 2 is 1.81 bits per heavy atom. The number of fused-ring (bicyclic) bond motifs is 1. The second-order valence-corrected chi connectivity index (χ2v) is 5.97. The summed E-state index contributed by atoms with van der Waals surface area (Å²) in [5.74, 6) is -1.45. The standard InChI is InChI=1S/C19H18FN3O3/c20-14-7-3-1-5-12(14)11-21-17(24)10-9-16-19(26)22-15-8-4-2-6-13(15)18(25)23-16/h1-8,16H,9-11H2,(H,21,24)(H,22,26)(H,23,25)/t16-/m0/s1. The Morgan fingerprint density at radius 1 is 1.08 bits per heavy atom. The Kier molecular flexibility index (Phi) is 5.26. The molecule has 1 aliphatic rings. The second kappa shape index (κ2) is 7.77. The molecule has 3 rings (SSSR count). The van der Waals surface area contributed by atoms with Crippen molar-refractivity contribution in [1.82, 2.24) is 10.6 Å². The summed E-state index contributed by atoms with van der Waals surface area (Å²) in [6.45, 7) is 0.0696. The van der Waals surface area contributed by atoms with Gasteiger partial charge in [0.15, 0.2) is 0 Å². The molecule has 0 fully saturated rings. The molecular weight excluding hydrogens is 337 g/mol. The molecule has 0 saturated heterocycles. The molecular formula is C19H18FN3O3. The number of benzene rings is 2. The monoisotopic (exact) mass is 355 g/mol. The largest absolute Gasteiger partial charge is 0.352 e. The summed E-state index contributed by atoms with van der Waals surface area (Å²) in [7, 11) is 0. The maximum Gasteiger partial charge on any atom is 0.254 e. The maximum atomic E-state index is 13.5. The van der Waals surface area contributed by atoms with Crippen LogP contribution in [0.25, 0.3) is 0 Å². The molecule has 0 saturated carbocycles. The number of rotatable bonds is 5. The van der Waals surface area contributed by atoms with Crippen LogP contribution in [0.4, 0.5) is 10.1 Å². The zero-order chi connectivity index (χ0) is 18.5. The highest BCUT2D eigenvalue weighted by Gasteiger charge is 2.27. The van der Waals surface area contributed by atoms with E-state index in [0.717, 1.165) is 0 Å². The molecule has 0 radical (unpaired) electrons.